The quantitative estimate of drug-likeness (QED) is 0.800. The molecule has 2 heterocycles. The van der Waals surface area contributed by atoms with E-state index in [1.807, 2.05) is 43.4 Å². The molecule has 2 fully saturated rings. The number of carbonyl (C=O) groups excluding carboxylic acids is 2. The van der Waals surface area contributed by atoms with Crippen molar-refractivity contribution < 1.29 is 14.0 Å². The fourth-order valence-electron chi connectivity index (χ4n) is 4.33. The standard InChI is InChI=1S/C23H26FN3O2/c1-25-13-14-26(16-21(25)18-9-5-6-10-19(18)24)23(29)20-11-12-22(28)27(20)15-17-7-3-2-4-8-17/h2-10,20-21H,11-16H2,1H3. The van der Waals surface area contributed by atoms with Crippen molar-refractivity contribution in [3.8, 4) is 0 Å². The van der Waals surface area contributed by atoms with Gasteiger partial charge in [-0.2, -0.15) is 0 Å². The Morgan fingerprint density at radius 2 is 1.79 bits per heavy atom. The highest BCUT2D eigenvalue weighted by Crippen LogP contribution is 2.29. The highest BCUT2D eigenvalue weighted by atomic mass is 19.1. The van der Waals surface area contributed by atoms with Crippen LogP contribution in [0.25, 0.3) is 0 Å². The zero-order chi connectivity index (χ0) is 20.4. The van der Waals surface area contributed by atoms with Crippen LogP contribution in [0.5, 0.6) is 0 Å². The number of halogens is 1. The van der Waals surface area contributed by atoms with Gasteiger partial charge < -0.3 is 9.80 Å². The fourth-order valence-corrected chi connectivity index (χ4v) is 4.33. The molecule has 0 aromatic heterocycles. The van der Waals surface area contributed by atoms with E-state index in [1.54, 1.807) is 21.9 Å². The number of hydrogen-bond donors (Lipinski definition) is 0. The number of likely N-dealkylation sites (N-methyl/N-ethyl adjacent to an activating group) is 1. The lowest BCUT2D eigenvalue weighted by atomic mass is 10.0. The van der Waals surface area contributed by atoms with Crippen LogP contribution in [0.1, 0.15) is 30.0 Å². The molecule has 4 rings (SSSR count). The van der Waals surface area contributed by atoms with Crippen molar-refractivity contribution in [1.82, 2.24) is 14.7 Å². The second-order valence-electron chi connectivity index (χ2n) is 7.86. The molecule has 0 aliphatic carbocycles. The van der Waals surface area contributed by atoms with Crippen LogP contribution in [0.3, 0.4) is 0 Å². The Morgan fingerprint density at radius 1 is 1.07 bits per heavy atom. The van der Waals surface area contributed by atoms with Gasteiger partial charge >= 0.3 is 0 Å². The number of hydrogen-bond acceptors (Lipinski definition) is 3. The van der Waals surface area contributed by atoms with Crippen LogP contribution >= 0.6 is 0 Å². The topological polar surface area (TPSA) is 43.9 Å². The van der Waals surface area contributed by atoms with Gasteiger partial charge in [0.15, 0.2) is 0 Å². The van der Waals surface area contributed by atoms with E-state index in [4.69, 9.17) is 0 Å². The number of piperazine rings is 1. The minimum absolute atomic E-state index is 0.0204. The third-order valence-corrected chi connectivity index (χ3v) is 6.03. The zero-order valence-electron chi connectivity index (χ0n) is 16.6. The Bertz CT molecular complexity index is 889. The normalized spacial score (nSPS) is 22.9. The molecule has 0 N–H and O–H groups in total. The van der Waals surface area contributed by atoms with Gasteiger partial charge in [-0.1, -0.05) is 48.5 Å². The molecule has 2 aliphatic rings. The summed E-state index contributed by atoms with van der Waals surface area (Å²) in [6.07, 6.45) is 0.939. The van der Waals surface area contributed by atoms with Gasteiger partial charge in [-0.05, 0) is 25.1 Å². The largest absolute Gasteiger partial charge is 0.338 e. The molecule has 2 saturated heterocycles. The van der Waals surface area contributed by atoms with Gasteiger partial charge in [0.1, 0.15) is 11.9 Å². The van der Waals surface area contributed by atoms with Crippen LogP contribution in [-0.4, -0.2) is 59.2 Å². The molecule has 5 nitrogen and oxygen atoms in total. The van der Waals surface area contributed by atoms with E-state index in [0.717, 1.165) is 5.56 Å². The molecule has 2 amide bonds. The number of likely N-dealkylation sites (tertiary alicyclic amines) is 1. The summed E-state index contributed by atoms with van der Waals surface area (Å²) in [6.45, 7) is 2.13. The van der Waals surface area contributed by atoms with Gasteiger partial charge in [-0.15, -0.1) is 0 Å². The third-order valence-electron chi connectivity index (χ3n) is 6.03. The number of nitrogens with zero attached hydrogens (tertiary/aromatic N) is 3. The fraction of sp³-hybridized carbons (Fsp3) is 0.391. The summed E-state index contributed by atoms with van der Waals surface area (Å²) in [7, 11) is 1.96. The summed E-state index contributed by atoms with van der Waals surface area (Å²) in [5.74, 6) is -0.256. The van der Waals surface area contributed by atoms with E-state index in [9.17, 15) is 14.0 Å². The predicted molar refractivity (Wildman–Crippen MR) is 108 cm³/mol. The predicted octanol–water partition coefficient (Wildman–Crippen LogP) is 2.83. The number of benzene rings is 2. The molecule has 0 radical (unpaired) electrons. The Morgan fingerprint density at radius 3 is 2.55 bits per heavy atom. The minimum atomic E-state index is -0.438. The SMILES string of the molecule is CN1CCN(C(=O)C2CCC(=O)N2Cc2ccccc2)CC1c1ccccc1F. The molecule has 29 heavy (non-hydrogen) atoms. The second-order valence-corrected chi connectivity index (χ2v) is 7.86. The maximum Gasteiger partial charge on any atom is 0.245 e. The van der Waals surface area contributed by atoms with Crippen LogP contribution < -0.4 is 0 Å². The maximum atomic E-state index is 14.3. The molecule has 2 aromatic rings. The van der Waals surface area contributed by atoms with E-state index in [2.05, 4.69) is 4.90 Å². The van der Waals surface area contributed by atoms with Crippen molar-refractivity contribution in [3.63, 3.8) is 0 Å². The van der Waals surface area contributed by atoms with E-state index < -0.39 is 6.04 Å². The number of rotatable bonds is 4. The first-order chi connectivity index (χ1) is 14.0. The lowest BCUT2D eigenvalue weighted by molar-refractivity contribution is -0.143. The zero-order valence-corrected chi connectivity index (χ0v) is 16.6. The van der Waals surface area contributed by atoms with Gasteiger partial charge in [0.05, 0.1) is 6.04 Å². The Hall–Kier alpha value is -2.73. The van der Waals surface area contributed by atoms with Gasteiger partial charge in [0, 0.05) is 38.2 Å². The summed E-state index contributed by atoms with van der Waals surface area (Å²) in [6, 6.07) is 15.9. The number of carbonyl (C=O) groups is 2. The lowest BCUT2D eigenvalue weighted by Gasteiger charge is -2.41. The average molecular weight is 395 g/mol. The van der Waals surface area contributed by atoms with E-state index in [1.165, 1.54) is 6.07 Å². The van der Waals surface area contributed by atoms with Crippen molar-refractivity contribution in [2.24, 2.45) is 0 Å². The van der Waals surface area contributed by atoms with E-state index in [-0.39, 0.29) is 23.7 Å². The third kappa shape index (κ3) is 4.03. The molecule has 2 unspecified atom stereocenters. The van der Waals surface area contributed by atoms with Gasteiger partial charge in [0.25, 0.3) is 0 Å². The van der Waals surface area contributed by atoms with E-state index in [0.29, 0.717) is 44.6 Å². The smallest absolute Gasteiger partial charge is 0.245 e. The molecule has 2 aliphatic heterocycles. The minimum Gasteiger partial charge on any atom is -0.338 e. The molecule has 0 spiro atoms. The van der Waals surface area contributed by atoms with Crippen molar-refractivity contribution in [3.05, 3.63) is 71.5 Å². The van der Waals surface area contributed by atoms with Gasteiger partial charge in [0.2, 0.25) is 11.8 Å². The van der Waals surface area contributed by atoms with Crippen LogP contribution in [-0.2, 0) is 16.1 Å². The van der Waals surface area contributed by atoms with Crippen molar-refractivity contribution >= 4 is 11.8 Å². The Kier molecular flexibility index (Phi) is 5.62. The summed E-state index contributed by atoms with van der Waals surface area (Å²) in [4.78, 5) is 31.4. The molecule has 2 aromatic carbocycles. The van der Waals surface area contributed by atoms with Crippen molar-refractivity contribution in [2.75, 3.05) is 26.7 Å². The highest BCUT2D eigenvalue weighted by molar-refractivity contribution is 5.91. The molecule has 0 bridgehead atoms. The molecule has 6 heteroatoms. The Labute approximate surface area is 170 Å². The first-order valence-electron chi connectivity index (χ1n) is 10.1. The van der Waals surface area contributed by atoms with Crippen LogP contribution in [0.2, 0.25) is 0 Å². The first-order valence-corrected chi connectivity index (χ1v) is 10.1. The summed E-state index contributed by atoms with van der Waals surface area (Å²) in [5.41, 5.74) is 1.62. The summed E-state index contributed by atoms with van der Waals surface area (Å²) in [5, 5.41) is 0. The molecule has 2 atom stereocenters. The molecular weight excluding hydrogens is 369 g/mol. The molecular formula is C23H26FN3O2. The van der Waals surface area contributed by atoms with Crippen LogP contribution in [0, 0.1) is 5.82 Å². The summed E-state index contributed by atoms with van der Waals surface area (Å²) >= 11 is 0. The van der Waals surface area contributed by atoms with Gasteiger partial charge in [-0.3, -0.25) is 14.5 Å². The van der Waals surface area contributed by atoms with Gasteiger partial charge in [-0.25, -0.2) is 4.39 Å². The Balaban J connectivity index is 1.50. The monoisotopic (exact) mass is 395 g/mol. The number of amides is 2. The van der Waals surface area contributed by atoms with Crippen molar-refractivity contribution in [1.29, 1.82) is 0 Å². The second kappa shape index (κ2) is 8.33. The van der Waals surface area contributed by atoms with Crippen molar-refractivity contribution in [2.45, 2.75) is 31.5 Å². The van der Waals surface area contributed by atoms with Crippen LogP contribution in [0.15, 0.2) is 54.6 Å². The highest BCUT2D eigenvalue weighted by Gasteiger charge is 2.40. The summed E-state index contributed by atoms with van der Waals surface area (Å²) < 4.78 is 14.3. The maximum absolute atomic E-state index is 14.3. The average Bonchev–Trinajstić information content (AvgIpc) is 3.09. The lowest BCUT2D eigenvalue weighted by Crippen LogP contribution is -2.54. The molecule has 0 saturated carbocycles. The van der Waals surface area contributed by atoms with E-state index >= 15 is 0 Å². The van der Waals surface area contributed by atoms with Crippen LogP contribution in [0.4, 0.5) is 4.39 Å². The molecule has 152 valence electrons. The first kappa shape index (κ1) is 19.6.